The van der Waals surface area contributed by atoms with Crippen molar-refractivity contribution in [2.45, 2.75) is 55.2 Å². The van der Waals surface area contributed by atoms with Gasteiger partial charge in [0.1, 0.15) is 0 Å². The van der Waals surface area contributed by atoms with Crippen LogP contribution in [-0.4, -0.2) is 77.4 Å². The fraction of sp³-hybridized carbons (Fsp3) is 0.419. The highest BCUT2D eigenvalue weighted by molar-refractivity contribution is 7.89. The lowest BCUT2D eigenvalue weighted by molar-refractivity contribution is 0.270. The van der Waals surface area contributed by atoms with Crippen molar-refractivity contribution in [1.82, 2.24) is 12.9 Å². The van der Waals surface area contributed by atoms with Gasteiger partial charge in [0.25, 0.3) is 0 Å². The summed E-state index contributed by atoms with van der Waals surface area (Å²) in [6.07, 6.45) is 0.572. The second kappa shape index (κ2) is 13.6. The Bertz CT molecular complexity index is 1620. The van der Waals surface area contributed by atoms with Crippen molar-refractivity contribution in [3.63, 3.8) is 0 Å². The topological polar surface area (TPSA) is 112 Å². The van der Waals surface area contributed by atoms with E-state index in [0.717, 1.165) is 16.7 Å². The first kappa shape index (κ1) is 33.3. The standard InChI is InChI=1S/C31H41N3O6S3/c1-25-7-13-29(14-8-25)41(35,36)32-19-5-21-33(42(37,38)30-15-9-26(2)10-16-30)23-28(4)24-34(22-6-20-32)43(39,40)31-17-11-27(3)12-18-31/h7-18,28H,5-6,19-24H2,1-4H3. The lowest BCUT2D eigenvalue weighted by Crippen LogP contribution is -2.44. The molecule has 1 aliphatic heterocycles. The summed E-state index contributed by atoms with van der Waals surface area (Å²) in [5.41, 5.74) is 2.78. The molecule has 0 atom stereocenters. The van der Waals surface area contributed by atoms with E-state index in [4.69, 9.17) is 0 Å². The second-order valence-corrected chi connectivity index (χ2v) is 17.2. The predicted molar refractivity (Wildman–Crippen MR) is 168 cm³/mol. The lowest BCUT2D eigenvalue weighted by Gasteiger charge is -2.32. The number of aryl methyl sites for hydroxylation is 3. The number of rotatable bonds is 6. The Balaban J connectivity index is 1.70. The van der Waals surface area contributed by atoms with Gasteiger partial charge in [0, 0.05) is 39.3 Å². The summed E-state index contributed by atoms with van der Waals surface area (Å²) in [5.74, 6) is -0.327. The van der Waals surface area contributed by atoms with Crippen LogP contribution in [0, 0.1) is 26.7 Å². The van der Waals surface area contributed by atoms with Gasteiger partial charge < -0.3 is 0 Å². The minimum Gasteiger partial charge on any atom is -0.207 e. The molecule has 3 aromatic carbocycles. The molecule has 0 radical (unpaired) electrons. The molecular formula is C31H41N3O6S3. The molecule has 0 amide bonds. The molecular weight excluding hydrogens is 607 g/mol. The predicted octanol–water partition coefficient (Wildman–Crippen LogP) is 4.41. The van der Waals surface area contributed by atoms with Crippen LogP contribution in [0.25, 0.3) is 0 Å². The van der Waals surface area contributed by atoms with Crippen LogP contribution in [0.3, 0.4) is 0 Å². The summed E-state index contributed by atoms with van der Waals surface area (Å²) in [7, 11) is -11.7. The van der Waals surface area contributed by atoms with Crippen LogP contribution in [0.2, 0.25) is 0 Å². The van der Waals surface area contributed by atoms with E-state index in [-0.39, 0.29) is 72.7 Å². The highest BCUT2D eigenvalue weighted by Crippen LogP contribution is 2.24. The Kier molecular flexibility index (Phi) is 10.5. The van der Waals surface area contributed by atoms with Crippen LogP contribution in [0.4, 0.5) is 0 Å². The Hall–Kier alpha value is -2.61. The maximum atomic E-state index is 13.8. The van der Waals surface area contributed by atoms with Crippen molar-refractivity contribution in [3.8, 4) is 0 Å². The largest absolute Gasteiger partial charge is 0.243 e. The monoisotopic (exact) mass is 647 g/mol. The van der Waals surface area contributed by atoms with Crippen molar-refractivity contribution in [3.05, 3.63) is 89.5 Å². The molecule has 3 aromatic rings. The van der Waals surface area contributed by atoms with Crippen molar-refractivity contribution in [2.75, 3.05) is 39.3 Å². The normalized spacial score (nSPS) is 18.1. The molecule has 4 rings (SSSR count). The van der Waals surface area contributed by atoms with Crippen molar-refractivity contribution < 1.29 is 25.3 Å². The first-order chi connectivity index (χ1) is 20.2. The van der Waals surface area contributed by atoms with Crippen molar-refractivity contribution >= 4 is 30.1 Å². The zero-order chi connectivity index (χ0) is 31.4. The average molecular weight is 648 g/mol. The number of benzene rings is 3. The fourth-order valence-electron chi connectivity index (χ4n) is 5.15. The third kappa shape index (κ3) is 7.92. The molecule has 0 aromatic heterocycles. The van der Waals surface area contributed by atoms with Crippen LogP contribution in [0.5, 0.6) is 0 Å². The van der Waals surface area contributed by atoms with Crippen LogP contribution in [0.1, 0.15) is 36.5 Å². The highest BCUT2D eigenvalue weighted by Gasteiger charge is 2.32. The summed E-state index contributed by atoms with van der Waals surface area (Å²) < 4.78 is 86.6. The summed E-state index contributed by atoms with van der Waals surface area (Å²) in [6, 6.07) is 19.8. The quantitative estimate of drug-likeness (QED) is 0.392. The van der Waals surface area contributed by atoms with Crippen LogP contribution in [0.15, 0.2) is 87.5 Å². The van der Waals surface area contributed by atoms with Gasteiger partial charge >= 0.3 is 0 Å². The Labute approximate surface area is 257 Å². The molecule has 1 heterocycles. The maximum Gasteiger partial charge on any atom is 0.243 e. The molecule has 0 bridgehead atoms. The SMILES string of the molecule is Cc1ccc(S(=O)(=O)N2CCCN(S(=O)(=O)c3ccc(C)cc3)CC(C)CN(S(=O)(=O)c3ccc(C)cc3)CCC2)cc1. The molecule has 9 nitrogen and oxygen atoms in total. The molecule has 0 spiro atoms. The van der Waals surface area contributed by atoms with E-state index < -0.39 is 30.1 Å². The Morgan fingerprint density at radius 1 is 0.465 bits per heavy atom. The van der Waals surface area contributed by atoms with E-state index in [2.05, 4.69) is 0 Å². The van der Waals surface area contributed by atoms with E-state index in [0.29, 0.717) is 0 Å². The van der Waals surface area contributed by atoms with Crippen LogP contribution in [-0.2, 0) is 30.1 Å². The summed E-state index contributed by atoms with van der Waals surface area (Å²) in [4.78, 5) is 0.434. The zero-order valence-electron chi connectivity index (χ0n) is 25.2. The molecule has 1 saturated heterocycles. The van der Waals surface area contributed by atoms with Crippen LogP contribution >= 0.6 is 0 Å². The van der Waals surface area contributed by atoms with Gasteiger partial charge in [0.2, 0.25) is 30.1 Å². The number of hydrogen-bond donors (Lipinski definition) is 0. The van der Waals surface area contributed by atoms with Crippen molar-refractivity contribution in [2.24, 2.45) is 5.92 Å². The molecule has 1 aliphatic rings. The maximum absolute atomic E-state index is 13.8. The first-order valence-electron chi connectivity index (χ1n) is 14.4. The second-order valence-electron chi connectivity index (χ2n) is 11.4. The highest BCUT2D eigenvalue weighted by atomic mass is 32.2. The summed E-state index contributed by atoms with van der Waals surface area (Å²) in [5, 5.41) is 0. The van der Waals surface area contributed by atoms with Gasteiger partial charge in [0.05, 0.1) is 14.7 Å². The molecule has 12 heteroatoms. The van der Waals surface area contributed by atoms with Crippen LogP contribution < -0.4 is 0 Å². The van der Waals surface area contributed by atoms with Gasteiger partial charge in [-0.1, -0.05) is 60.0 Å². The molecule has 43 heavy (non-hydrogen) atoms. The number of hydrogen-bond acceptors (Lipinski definition) is 6. The van der Waals surface area contributed by atoms with Gasteiger partial charge in [-0.15, -0.1) is 0 Å². The van der Waals surface area contributed by atoms with Gasteiger partial charge in [-0.05, 0) is 75.9 Å². The van der Waals surface area contributed by atoms with E-state index >= 15 is 0 Å². The number of nitrogens with zero attached hydrogens (tertiary/aromatic N) is 3. The molecule has 0 unspecified atom stereocenters. The van der Waals surface area contributed by atoms with Gasteiger partial charge in [-0.2, -0.15) is 12.9 Å². The fourth-order valence-corrected chi connectivity index (χ4v) is 9.86. The molecule has 0 saturated carbocycles. The van der Waals surface area contributed by atoms with Gasteiger partial charge in [0.15, 0.2) is 0 Å². The van der Waals surface area contributed by atoms with E-state index in [1.165, 1.54) is 12.9 Å². The van der Waals surface area contributed by atoms with E-state index in [1.807, 2.05) is 27.7 Å². The zero-order valence-corrected chi connectivity index (χ0v) is 27.6. The third-order valence-corrected chi connectivity index (χ3v) is 13.3. The number of sulfonamides is 3. The minimum atomic E-state index is -3.92. The summed E-state index contributed by atoms with van der Waals surface area (Å²) >= 11 is 0. The van der Waals surface area contributed by atoms with Gasteiger partial charge in [-0.3, -0.25) is 0 Å². The third-order valence-electron chi connectivity index (χ3n) is 7.64. The molecule has 1 fully saturated rings. The minimum absolute atomic E-state index is 0.0842. The summed E-state index contributed by atoms with van der Waals surface area (Å²) in [6.45, 7) is 8.00. The van der Waals surface area contributed by atoms with Crippen molar-refractivity contribution in [1.29, 1.82) is 0 Å². The average Bonchev–Trinajstić information content (AvgIpc) is 2.95. The Morgan fingerprint density at radius 2 is 0.721 bits per heavy atom. The molecule has 0 N–H and O–H groups in total. The van der Waals surface area contributed by atoms with E-state index in [9.17, 15) is 25.3 Å². The molecule has 234 valence electrons. The Morgan fingerprint density at radius 3 is 1.02 bits per heavy atom. The lowest BCUT2D eigenvalue weighted by atomic mass is 10.1. The van der Waals surface area contributed by atoms with E-state index in [1.54, 1.807) is 72.8 Å². The first-order valence-corrected chi connectivity index (χ1v) is 18.7. The molecule has 0 aliphatic carbocycles. The van der Waals surface area contributed by atoms with Gasteiger partial charge in [-0.25, -0.2) is 25.3 Å². The smallest absolute Gasteiger partial charge is 0.207 e.